The summed E-state index contributed by atoms with van der Waals surface area (Å²) in [7, 11) is 1.95. The van der Waals surface area contributed by atoms with Crippen LogP contribution in [0.2, 0.25) is 5.02 Å². The van der Waals surface area contributed by atoms with Gasteiger partial charge in [0.1, 0.15) is 0 Å². The van der Waals surface area contributed by atoms with Gasteiger partial charge in [-0.2, -0.15) is 5.26 Å². The maximum atomic E-state index is 13.5. The Balaban J connectivity index is 1.40. The lowest BCUT2D eigenvalue weighted by atomic mass is 9.48. The van der Waals surface area contributed by atoms with Gasteiger partial charge < -0.3 is 10.2 Å². The van der Waals surface area contributed by atoms with Gasteiger partial charge in [-0.1, -0.05) is 31.0 Å². The van der Waals surface area contributed by atoms with E-state index in [4.69, 9.17) is 16.9 Å². The molecule has 5 rings (SSSR count). The first-order valence-corrected chi connectivity index (χ1v) is 12.9. The summed E-state index contributed by atoms with van der Waals surface area (Å²) in [6.07, 6.45) is 6.72. The molecule has 5 nitrogen and oxygen atoms in total. The molecule has 6 heteroatoms. The lowest BCUT2D eigenvalue weighted by molar-refractivity contribution is -0.137. The fourth-order valence-electron chi connectivity index (χ4n) is 8.45. The number of nitrogens with zero attached hydrogens (tertiary/aromatic N) is 2. The lowest BCUT2D eigenvalue weighted by Crippen LogP contribution is -2.54. The number of nitriles is 1. The molecule has 1 N–H and O–H groups in total. The zero-order valence-electron chi connectivity index (χ0n) is 20.6. The monoisotopic (exact) mass is 479 g/mol. The fraction of sp³-hybridized carbons (Fsp3) is 0.607. The van der Waals surface area contributed by atoms with Gasteiger partial charge in [0.2, 0.25) is 11.8 Å². The molecule has 180 valence electrons. The topological polar surface area (TPSA) is 73.2 Å². The first kappa shape index (κ1) is 23.4. The van der Waals surface area contributed by atoms with Crippen LogP contribution in [0.5, 0.6) is 0 Å². The summed E-state index contributed by atoms with van der Waals surface area (Å²) < 4.78 is 0. The Morgan fingerprint density at radius 3 is 2.68 bits per heavy atom. The SMILES string of the molecule is CC1=C2N(C)C(=O)CC[C@]2(C)[C@@H]2CC[C@]3(C)C(C(=O)Nc4ccc(C#N)cc4Cl)CC[C@H]3[C@@H]2C1. The summed E-state index contributed by atoms with van der Waals surface area (Å²) in [6, 6.07) is 7.10. The van der Waals surface area contributed by atoms with Crippen molar-refractivity contribution in [3.05, 3.63) is 40.1 Å². The molecule has 2 amide bonds. The van der Waals surface area contributed by atoms with Crippen molar-refractivity contribution in [3.63, 3.8) is 0 Å². The van der Waals surface area contributed by atoms with E-state index in [1.54, 1.807) is 18.2 Å². The Bertz CT molecular complexity index is 1140. The van der Waals surface area contributed by atoms with Crippen LogP contribution in [-0.4, -0.2) is 23.8 Å². The highest BCUT2D eigenvalue weighted by atomic mass is 35.5. The molecule has 1 aromatic carbocycles. The number of piperidine rings is 1. The number of benzene rings is 1. The Kier molecular flexibility index (Phi) is 5.60. The van der Waals surface area contributed by atoms with E-state index in [1.807, 2.05) is 11.9 Å². The Labute approximate surface area is 207 Å². The smallest absolute Gasteiger partial charge is 0.228 e. The average Bonchev–Trinajstić information content (AvgIpc) is 3.15. The van der Waals surface area contributed by atoms with Crippen molar-refractivity contribution in [2.75, 3.05) is 12.4 Å². The number of rotatable bonds is 2. The van der Waals surface area contributed by atoms with Gasteiger partial charge in [0.25, 0.3) is 0 Å². The van der Waals surface area contributed by atoms with E-state index in [9.17, 15) is 9.59 Å². The second-order valence-corrected chi connectivity index (χ2v) is 12.0. The highest BCUT2D eigenvalue weighted by Gasteiger charge is 2.61. The molecular weight excluding hydrogens is 446 g/mol. The van der Waals surface area contributed by atoms with Gasteiger partial charge in [-0.25, -0.2) is 0 Å². The Morgan fingerprint density at radius 1 is 1.21 bits per heavy atom. The Hall–Kier alpha value is -2.32. The number of nitrogens with one attached hydrogen (secondary N) is 1. The summed E-state index contributed by atoms with van der Waals surface area (Å²) in [5, 5.41) is 12.6. The molecule has 2 saturated carbocycles. The molecule has 6 atom stereocenters. The van der Waals surface area contributed by atoms with Crippen LogP contribution in [0.3, 0.4) is 0 Å². The number of hydrogen-bond donors (Lipinski definition) is 1. The minimum absolute atomic E-state index is 0.0329. The molecule has 1 unspecified atom stereocenters. The van der Waals surface area contributed by atoms with E-state index in [0.717, 1.165) is 38.5 Å². The second kappa shape index (κ2) is 8.12. The predicted octanol–water partition coefficient (Wildman–Crippen LogP) is 6.15. The van der Waals surface area contributed by atoms with Crippen molar-refractivity contribution in [2.45, 2.75) is 65.7 Å². The fourth-order valence-corrected chi connectivity index (χ4v) is 8.67. The van der Waals surface area contributed by atoms with Crippen LogP contribution in [0.25, 0.3) is 0 Å². The standard InChI is InChI=1S/C28H34ClN3O2/c1-16-13-18-19-6-7-21(26(34)31-23-8-5-17(15-30)14-22(23)29)27(19,2)11-9-20(18)28(3)12-10-24(33)32(4)25(16)28/h5,8,14,18-21H,6-7,9-13H2,1-4H3,(H,31,34)/t18-,19-,20+,21?,27-,28+/m0/s1. The van der Waals surface area contributed by atoms with Gasteiger partial charge in [-0.3, -0.25) is 9.59 Å². The largest absolute Gasteiger partial charge is 0.325 e. The van der Waals surface area contributed by atoms with Crippen molar-refractivity contribution in [2.24, 2.45) is 34.5 Å². The highest BCUT2D eigenvalue weighted by molar-refractivity contribution is 6.33. The maximum Gasteiger partial charge on any atom is 0.228 e. The van der Waals surface area contributed by atoms with Gasteiger partial charge in [0.15, 0.2) is 0 Å². The number of allylic oxidation sites excluding steroid dienone is 2. The normalized spacial score (nSPS) is 36.9. The zero-order chi connectivity index (χ0) is 24.4. The number of likely N-dealkylation sites (tertiary alicyclic amines) is 1. The van der Waals surface area contributed by atoms with E-state index >= 15 is 0 Å². The first-order chi connectivity index (χ1) is 16.1. The molecule has 3 aliphatic carbocycles. The second-order valence-electron chi connectivity index (χ2n) is 11.6. The van der Waals surface area contributed by atoms with Gasteiger partial charge in [-0.15, -0.1) is 0 Å². The predicted molar refractivity (Wildman–Crippen MR) is 133 cm³/mol. The number of fused-ring (bicyclic) bond motifs is 5. The zero-order valence-corrected chi connectivity index (χ0v) is 21.3. The maximum absolute atomic E-state index is 13.5. The number of amides is 2. The van der Waals surface area contributed by atoms with E-state index < -0.39 is 0 Å². The number of halogens is 1. The van der Waals surface area contributed by atoms with Gasteiger partial charge in [-0.05, 0) is 86.8 Å². The first-order valence-electron chi connectivity index (χ1n) is 12.6. The van der Waals surface area contributed by atoms with Crippen LogP contribution < -0.4 is 5.32 Å². The van der Waals surface area contributed by atoms with Crippen LogP contribution >= 0.6 is 11.6 Å². The third-order valence-electron chi connectivity index (χ3n) is 9.98. The molecular formula is C28H34ClN3O2. The van der Waals surface area contributed by atoms with Crippen LogP contribution in [-0.2, 0) is 9.59 Å². The summed E-state index contributed by atoms with van der Waals surface area (Å²) in [6.45, 7) is 6.94. The average molecular weight is 480 g/mol. The van der Waals surface area contributed by atoms with Crippen molar-refractivity contribution in [1.29, 1.82) is 5.26 Å². The molecule has 1 aliphatic heterocycles. The van der Waals surface area contributed by atoms with Crippen molar-refractivity contribution in [3.8, 4) is 6.07 Å². The molecule has 0 bridgehead atoms. The van der Waals surface area contributed by atoms with Gasteiger partial charge in [0, 0.05) is 30.5 Å². The number of carbonyl (C=O) groups excluding carboxylic acids is 2. The van der Waals surface area contributed by atoms with E-state index in [2.05, 4.69) is 32.2 Å². The lowest BCUT2D eigenvalue weighted by Gasteiger charge is -2.59. The Morgan fingerprint density at radius 2 is 1.97 bits per heavy atom. The van der Waals surface area contributed by atoms with Crippen molar-refractivity contribution >= 4 is 29.1 Å². The van der Waals surface area contributed by atoms with Crippen LogP contribution in [0.15, 0.2) is 29.5 Å². The molecule has 1 heterocycles. The van der Waals surface area contributed by atoms with Crippen LogP contribution in [0.1, 0.15) is 71.3 Å². The van der Waals surface area contributed by atoms with Crippen LogP contribution in [0, 0.1) is 45.8 Å². The van der Waals surface area contributed by atoms with Crippen molar-refractivity contribution in [1.82, 2.24) is 4.90 Å². The number of hydrogen-bond acceptors (Lipinski definition) is 3. The van der Waals surface area contributed by atoms with Crippen molar-refractivity contribution < 1.29 is 9.59 Å². The van der Waals surface area contributed by atoms with Gasteiger partial charge >= 0.3 is 0 Å². The minimum Gasteiger partial charge on any atom is -0.325 e. The number of carbonyl (C=O) groups is 2. The third kappa shape index (κ3) is 3.33. The summed E-state index contributed by atoms with van der Waals surface area (Å²) >= 11 is 6.34. The minimum atomic E-state index is -0.0424. The molecule has 0 aromatic heterocycles. The molecule has 1 saturated heterocycles. The number of anilines is 1. The molecule has 0 spiro atoms. The molecule has 1 aromatic rings. The molecule has 4 aliphatic rings. The van der Waals surface area contributed by atoms with Crippen LogP contribution in [0.4, 0.5) is 5.69 Å². The molecule has 0 radical (unpaired) electrons. The van der Waals surface area contributed by atoms with Gasteiger partial charge in [0.05, 0.1) is 22.3 Å². The summed E-state index contributed by atoms with van der Waals surface area (Å²) in [5.41, 5.74) is 3.72. The highest BCUT2D eigenvalue weighted by Crippen LogP contribution is 2.66. The third-order valence-corrected chi connectivity index (χ3v) is 10.3. The summed E-state index contributed by atoms with van der Waals surface area (Å²) in [4.78, 5) is 27.9. The molecule has 3 fully saturated rings. The van der Waals surface area contributed by atoms with E-state index in [1.165, 1.54) is 11.3 Å². The summed E-state index contributed by atoms with van der Waals surface area (Å²) in [5.74, 6) is 1.88. The van der Waals surface area contributed by atoms with E-state index in [-0.39, 0.29) is 28.6 Å². The quantitative estimate of drug-likeness (QED) is 0.553. The van der Waals surface area contributed by atoms with E-state index in [0.29, 0.717) is 40.4 Å². The molecule has 34 heavy (non-hydrogen) atoms.